The molecular weight excluding hydrogens is 245 g/mol. The highest BCUT2D eigenvalue weighted by molar-refractivity contribution is 5.96. The molecule has 0 aromatic heterocycles. The smallest absolute Gasteiger partial charge is 0.303 e. The fourth-order valence-electron chi connectivity index (χ4n) is 1.98. The van der Waals surface area contributed by atoms with Crippen molar-refractivity contribution >= 4 is 11.6 Å². The molecule has 1 aliphatic heterocycles. The number of rotatable bonds is 1. The molecule has 0 fully saturated rings. The van der Waals surface area contributed by atoms with Gasteiger partial charge in [0.25, 0.3) is 0 Å². The molecule has 6 heteroatoms. The number of aryl methyl sites for hydroxylation is 1. The Hall–Kier alpha value is -2.03. The van der Waals surface area contributed by atoms with E-state index in [1.165, 1.54) is 18.2 Å². The second-order valence-electron chi connectivity index (χ2n) is 4.05. The van der Waals surface area contributed by atoms with Crippen LogP contribution in [0.15, 0.2) is 18.2 Å². The van der Waals surface area contributed by atoms with Crippen molar-refractivity contribution in [1.29, 1.82) is 5.26 Å². The maximum Gasteiger partial charge on any atom is 0.406 e. The van der Waals surface area contributed by atoms with E-state index in [1.54, 1.807) is 0 Å². The molecule has 0 saturated carbocycles. The lowest BCUT2D eigenvalue weighted by atomic mass is 9.99. The molecule has 94 valence electrons. The predicted octanol–water partition coefficient (Wildman–Crippen LogP) is 2.40. The van der Waals surface area contributed by atoms with E-state index < -0.39 is 18.6 Å². The van der Waals surface area contributed by atoms with Gasteiger partial charge in [-0.2, -0.15) is 18.4 Å². The highest BCUT2D eigenvalue weighted by Gasteiger charge is 2.36. The monoisotopic (exact) mass is 254 g/mol. The van der Waals surface area contributed by atoms with Crippen molar-refractivity contribution in [3.05, 3.63) is 29.3 Å². The molecule has 0 saturated heterocycles. The first-order valence-corrected chi connectivity index (χ1v) is 5.31. The number of alkyl halides is 3. The van der Waals surface area contributed by atoms with Crippen LogP contribution in [-0.4, -0.2) is 18.6 Å². The van der Waals surface area contributed by atoms with Gasteiger partial charge in [-0.3, -0.25) is 4.79 Å². The van der Waals surface area contributed by atoms with E-state index >= 15 is 0 Å². The molecule has 2 rings (SSSR count). The van der Waals surface area contributed by atoms with Gasteiger partial charge in [0, 0.05) is 12.1 Å². The number of amides is 1. The molecule has 1 heterocycles. The van der Waals surface area contributed by atoms with Crippen LogP contribution in [0, 0.1) is 11.3 Å². The van der Waals surface area contributed by atoms with Crippen molar-refractivity contribution in [3.8, 4) is 6.07 Å². The van der Waals surface area contributed by atoms with E-state index in [0.29, 0.717) is 17.5 Å². The summed E-state index contributed by atoms with van der Waals surface area (Å²) in [5.74, 6) is -0.537. The van der Waals surface area contributed by atoms with Crippen LogP contribution in [-0.2, 0) is 11.2 Å². The van der Waals surface area contributed by atoms with E-state index in [-0.39, 0.29) is 12.1 Å². The Kier molecular flexibility index (Phi) is 2.99. The van der Waals surface area contributed by atoms with Gasteiger partial charge in [0.15, 0.2) is 0 Å². The van der Waals surface area contributed by atoms with Crippen LogP contribution in [0.3, 0.4) is 0 Å². The molecule has 18 heavy (non-hydrogen) atoms. The minimum absolute atomic E-state index is 0.0396. The largest absolute Gasteiger partial charge is 0.406 e. The first kappa shape index (κ1) is 12.4. The van der Waals surface area contributed by atoms with Crippen molar-refractivity contribution < 1.29 is 18.0 Å². The van der Waals surface area contributed by atoms with Gasteiger partial charge in [-0.15, -0.1) is 0 Å². The standard InChI is InChI=1S/C12H9F3N2O/c13-12(14,15)7-17-10-3-1-8(6-16)5-9(10)2-4-11(17)18/h1,3,5H,2,4,7H2. The normalized spacial score (nSPS) is 15.2. The summed E-state index contributed by atoms with van der Waals surface area (Å²) >= 11 is 0. The zero-order chi connectivity index (χ0) is 13.3. The SMILES string of the molecule is N#Cc1ccc2c(c1)CCC(=O)N2CC(F)(F)F. The van der Waals surface area contributed by atoms with Crippen LogP contribution in [0.4, 0.5) is 18.9 Å². The Morgan fingerprint density at radius 3 is 2.67 bits per heavy atom. The van der Waals surface area contributed by atoms with Crippen LogP contribution in [0.1, 0.15) is 17.5 Å². The minimum atomic E-state index is -4.43. The van der Waals surface area contributed by atoms with Crippen molar-refractivity contribution in [2.45, 2.75) is 19.0 Å². The van der Waals surface area contributed by atoms with E-state index in [4.69, 9.17) is 5.26 Å². The van der Waals surface area contributed by atoms with Gasteiger partial charge in [0.2, 0.25) is 5.91 Å². The van der Waals surface area contributed by atoms with E-state index in [9.17, 15) is 18.0 Å². The Balaban J connectivity index is 2.39. The third-order valence-electron chi connectivity index (χ3n) is 2.75. The highest BCUT2D eigenvalue weighted by Crippen LogP contribution is 2.31. The fourth-order valence-corrected chi connectivity index (χ4v) is 1.98. The Morgan fingerprint density at radius 2 is 2.06 bits per heavy atom. The quantitative estimate of drug-likeness (QED) is 0.772. The number of anilines is 1. The van der Waals surface area contributed by atoms with Gasteiger partial charge < -0.3 is 4.90 Å². The summed E-state index contributed by atoms with van der Waals surface area (Å²) in [5, 5.41) is 8.73. The van der Waals surface area contributed by atoms with Gasteiger partial charge in [-0.1, -0.05) is 0 Å². The lowest BCUT2D eigenvalue weighted by Crippen LogP contribution is -2.41. The van der Waals surface area contributed by atoms with Crippen LogP contribution in [0.5, 0.6) is 0 Å². The average molecular weight is 254 g/mol. The lowest BCUT2D eigenvalue weighted by molar-refractivity contribution is -0.132. The van der Waals surface area contributed by atoms with Crippen molar-refractivity contribution in [1.82, 2.24) is 0 Å². The fraction of sp³-hybridized carbons (Fsp3) is 0.333. The molecule has 0 radical (unpaired) electrons. The third-order valence-corrected chi connectivity index (χ3v) is 2.75. The highest BCUT2D eigenvalue weighted by atomic mass is 19.4. The summed E-state index contributed by atoms with van der Waals surface area (Å²) in [6.07, 6.45) is -4.02. The zero-order valence-corrected chi connectivity index (χ0v) is 9.29. The minimum Gasteiger partial charge on any atom is -0.303 e. The number of benzene rings is 1. The number of carbonyl (C=O) groups excluding carboxylic acids is 1. The maximum absolute atomic E-state index is 12.4. The Labute approximate surface area is 101 Å². The van der Waals surface area contributed by atoms with E-state index in [1.807, 2.05) is 6.07 Å². The molecule has 1 aromatic rings. The maximum atomic E-state index is 12.4. The van der Waals surface area contributed by atoms with Gasteiger partial charge in [-0.05, 0) is 30.2 Å². The number of nitrogens with zero attached hydrogens (tertiary/aromatic N) is 2. The third kappa shape index (κ3) is 2.45. The summed E-state index contributed by atoms with van der Waals surface area (Å²) in [6.45, 7) is -1.29. The molecule has 0 spiro atoms. The van der Waals surface area contributed by atoms with E-state index in [2.05, 4.69) is 0 Å². The summed E-state index contributed by atoms with van der Waals surface area (Å²) in [6, 6.07) is 6.28. The number of hydrogen-bond acceptors (Lipinski definition) is 2. The van der Waals surface area contributed by atoms with Crippen LogP contribution in [0.2, 0.25) is 0 Å². The van der Waals surface area contributed by atoms with Crippen molar-refractivity contribution in [2.24, 2.45) is 0 Å². The van der Waals surface area contributed by atoms with Gasteiger partial charge in [0.1, 0.15) is 6.54 Å². The average Bonchev–Trinajstić information content (AvgIpc) is 2.31. The number of hydrogen-bond donors (Lipinski definition) is 0. The first-order valence-electron chi connectivity index (χ1n) is 5.31. The number of carbonyl (C=O) groups is 1. The molecule has 1 aliphatic rings. The Bertz CT molecular complexity index is 531. The number of halogens is 3. The molecule has 1 aromatic carbocycles. The van der Waals surface area contributed by atoms with Gasteiger partial charge in [0.05, 0.1) is 11.6 Å². The molecule has 0 atom stereocenters. The summed E-state index contributed by atoms with van der Waals surface area (Å²) in [7, 11) is 0. The van der Waals surface area contributed by atoms with Gasteiger partial charge in [-0.25, -0.2) is 0 Å². The molecule has 0 bridgehead atoms. The molecule has 0 N–H and O–H groups in total. The first-order chi connectivity index (χ1) is 8.40. The van der Waals surface area contributed by atoms with Crippen LogP contribution in [0.25, 0.3) is 0 Å². The van der Waals surface area contributed by atoms with Crippen molar-refractivity contribution in [3.63, 3.8) is 0 Å². The second-order valence-corrected chi connectivity index (χ2v) is 4.05. The summed E-state index contributed by atoms with van der Waals surface area (Å²) in [4.78, 5) is 12.3. The molecule has 0 unspecified atom stereocenters. The predicted molar refractivity (Wildman–Crippen MR) is 57.9 cm³/mol. The molecular formula is C12H9F3N2O. The zero-order valence-electron chi connectivity index (χ0n) is 9.29. The molecule has 3 nitrogen and oxygen atoms in total. The second kappa shape index (κ2) is 4.33. The Morgan fingerprint density at radius 1 is 1.33 bits per heavy atom. The summed E-state index contributed by atoms with van der Waals surface area (Å²) in [5.41, 5.74) is 1.25. The van der Waals surface area contributed by atoms with Crippen LogP contribution >= 0.6 is 0 Å². The topological polar surface area (TPSA) is 44.1 Å². The number of nitriles is 1. The summed E-state index contributed by atoms with van der Waals surface area (Å²) < 4.78 is 37.2. The van der Waals surface area contributed by atoms with Gasteiger partial charge >= 0.3 is 6.18 Å². The van der Waals surface area contributed by atoms with E-state index in [0.717, 1.165) is 4.90 Å². The molecule has 1 amide bonds. The van der Waals surface area contributed by atoms with Crippen LogP contribution < -0.4 is 4.90 Å². The number of fused-ring (bicyclic) bond motifs is 1. The molecule has 0 aliphatic carbocycles. The lowest BCUT2D eigenvalue weighted by Gasteiger charge is -2.30. The van der Waals surface area contributed by atoms with Crippen molar-refractivity contribution in [2.75, 3.05) is 11.4 Å².